The lowest BCUT2D eigenvalue weighted by molar-refractivity contribution is -0.158. The van der Waals surface area contributed by atoms with Gasteiger partial charge in [0.1, 0.15) is 6.61 Å². The Labute approximate surface area is 195 Å². The summed E-state index contributed by atoms with van der Waals surface area (Å²) in [7, 11) is 1.35. The normalized spacial score (nSPS) is 11.8. The Bertz CT molecular complexity index is 746. The van der Waals surface area contributed by atoms with E-state index in [4.69, 9.17) is 16.3 Å². The van der Waals surface area contributed by atoms with Crippen molar-refractivity contribution >= 4 is 102 Å². The molecule has 0 radical (unpaired) electrons. The van der Waals surface area contributed by atoms with Crippen molar-refractivity contribution in [3.63, 3.8) is 0 Å². The average Bonchev–Trinajstić information content (AvgIpc) is 2.57. The summed E-state index contributed by atoms with van der Waals surface area (Å²) in [5.74, 6) is -1.42. The van der Waals surface area contributed by atoms with Crippen LogP contribution in [0, 0.1) is 10.7 Å². The number of methoxy groups -OCH3 is 1. The van der Waals surface area contributed by atoms with E-state index in [2.05, 4.69) is 5.32 Å². The first kappa shape index (κ1) is 24.2. The van der Waals surface area contributed by atoms with Gasteiger partial charge in [0.2, 0.25) is 5.91 Å². The Hall–Kier alpha value is 0.190. The second kappa shape index (κ2) is 10.7. The first-order chi connectivity index (χ1) is 12.1. The maximum Gasteiger partial charge on any atom is 0.281 e. The summed E-state index contributed by atoms with van der Waals surface area (Å²) < 4.78 is 5.59. The zero-order valence-electron chi connectivity index (χ0n) is 13.5. The molecule has 0 spiro atoms. The molecule has 1 aromatic carbocycles. The fourth-order valence-corrected chi connectivity index (χ4v) is 6.76. The number of carbonyl (C=O) groups is 3. The molecule has 12 heteroatoms. The molecular weight excluding hydrogens is 708 g/mol. The molecule has 0 saturated carbocycles. The number of ether oxygens (including phenoxy) is 1. The molecule has 1 rings (SSSR count). The van der Waals surface area contributed by atoms with Crippen LogP contribution in [0.3, 0.4) is 0 Å². The highest BCUT2D eigenvalue weighted by Gasteiger charge is 2.31. The quantitative estimate of drug-likeness (QED) is 0.131. The number of benzene rings is 1. The lowest BCUT2D eigenvalue weighted by Crippen LogP contribution is -2.38. The number of carbonyl (C=O) groups excluding carboxylic acids is 3. The molecule has 1 atom stereocenters. The Balaban J connectivity index is 3.64. The molecule has 0 fully saturated rings. The number of aliphatic hydroxyl groups excluding tert-OH is 1. The Morgan fingerprint density at radius 1 is 1.19 bits per heavy atom. The number of amides is 2. The second-order valence-electron chi connectivity index (χ2n) is 4.86. The number of hydrogen-bond acceptors (Lipinski definition) is 6. The van der Waals surface area contributed by atoms with Crippen LogP contribution in [0.2, 0.25) is 0 Å². The van der Waals surface area contributed by atoms with E-state index < -0.39 is 23.3 Å². The van der Waals surface area contributed by atoms with Crippen molar-refractivity contribution in [1.29, 1.82) is 0 Å². The minimum absolute atomic E-state index is 0.0173. The molecule has 0 aliphatic heterocycles. The zero-order valence-corrected chi connectivity index (χ0v) is 20.7. The van der Waals surface area contributed by atoms with E-state index in [0.717, 1.165) is 0 Å². The largest absolute Gasteiger partial charge is 0.375 e. The van der Waals surface area contributed by atoms with Gasteiger partial charge in [-0.3, -0.25) is 19.6 Å². The first-order valence-electron chi connectivity index (χ1n) is 6.97. The van der Waals surface area contributed by atoms with Crippen LogP contribution in [0.4, 0.5) is 5.69 Å². The molecule has 8 nitrogen and oxygen atoms in total. The highest BCUT2D eigenvalue weighted by atomic mass is 127. The third-order valence-electron chi connectivity index (χ3n) is 3.12. The van der Waals surface area contributed by atoms with Crippen molar-refractivity contribution in [3.8, 4) is 0 Å². The van der Waals surface area contributed by atoms with Crippen molar-refractivity contribution in [1.82, 2.24) is 5.06 Å². The number of nitrogens with one attached hydrogen (secondary N) is 1. The number of nitrogens with zero attached hydrogens (tertiary/aromatic N) is 1. The average molecular weight is 722 g/mol. The number of anilines is 1. The van der Waals surface area contributed by atoms with Crippen LogP contribution in [0.1, 0.15) is 34.1 Å². The van der Waals surface area contributed by atoms with Crippen molar-refractivity contribution in [2.45, 2.75) is 19.6 Å². The van der Waals surface area contributed by atoms with Gasteiger partial charge in [0.15, 0.2) is 6.23 Å². The molecule has 1 aromatic rings. The second-order valence-corrected chi connectivity index (χ2v) is 8.44. The molecular formula is C14H14ClI3N2O6. The molecule has 0 aliphatic rings. The Morgan fingerprint density at radius 2 is 1.73 bits per heavy atom. The van der Waals surface area contributed by atoms with Gasteiger partial charge in [0.25, 0.3) is 11.1 Å². The number of aliphatic hydroxyl groups is 1. The van der Waals surface area contributed by atoms with Gasteiger partial charge in [-0.15, -0.1) is 0 Å². The lowest BCUT2D eigenvalue weighted by atomic mass is 10.1. The van der Waals surface area contributed by atoms with Crippen LogP contribution in [0.25, 0.3) is 0 Å². The summed E-state index contributed by atoms with van der Waals surface area (Å²) in [6, 6.07) is 0. The fraction of sp³-hybridized carbons (Fsp3) is 0.357. The van der Waals surface area contributed by atoms with Gasteiger partial charge in [-0.1, -0.05) is 6.92 Å². The standard InChI is InChI=1S/C14H14ClI3N2O6/c1-3-6(22)20(25)14(24)8-9(16)7(13(15)23)10(17)12(11(8)18)19-5(21)4-26-2/h6,22,25H,3-4H2,1-2H3,(H,19,21). The molecule has 0 aliphatic carbocycles. The van der Waals surface area contributed by atoms with Gasteiger partial charge in [-0.05, 0) is 85.8 Å². The van der Waals surface area contributed by atoms with E-state index >= 15 is 0 Å². The van der Waals surface area contributed by atoms with Gasteiger partial charge in [-0.2, -0.15) is 5.06 Å². The number of rotatable bonds is 7. The van der Waals surface area contributed by atoms with Gasteiger partial charge in [-0.25, -0.2) is 0 Å². The SMILES string of the molecule is CCC(O)N(O)C(=O)c1c(I)c(NC(=O)COC)c(I)c(C(=O)Cl)c1I. The molecule has 26 heavy (non-hydrogen) atoms. The van der Waals surface area contributed by atoms with Crippen molar-refractivity contribution < 1.29 is 29.4 Å². The third kappa shape index (κ3) is 5.38. The summed E-state index contributed by atoms with van der Waals surface area (Å²) >= 11 is 11.1. The smallest absolute Gasteiger partial charge is 0.281 e. The van der Waals surface area contributed by atoms with E-state index in [1.54, 1.807) is 29.5 Å². The Kier molecular flexibility index (Phi) is 9.93. The molecule has 0 bridgehead atoms. The molecule has 144 valence electrons. The number of hydrogen-bond donors (Lipinski definition) is 3. The zero-order chi connectivity index (χ0) is 20.2. The maximum absolute atomic E-state index is 12.6. The van der Waals surface area contributed by atoms with Gasteiger partial charge >= 0.3 is 0 Å². The molecule has 1 unspecified atom stereocenters. The van der Waals surface area contributed by atoms with Crippen LogP contribution < -0.4 is 5.32 Å². The number of hydroxylamine groups is 2. The minimum Gasteiger partial charge on any atom is -0.375 e. The Morgan fingerprint density at radius 3 is 2.19 bits per heavy atom. The summed E-state index contributed by atoms with van der Waals surface area (Å²) in [4.78, 5) is 36.4. The van der Waals surface area contributed by atoms with Crippen LogP contribution >= 0.6 is 79.4 Å². The van der Waals surface area contributed by atoms with Crippen molar-refractivity contribution in [2.75, 3.05) is 19.0 Å². The van der Waals surface area contributed by atoms with E-state index in [-0.39, 0.29) is 42.0 Å². The summed E-state index contributed by atoms with van der Waals surface area (Å²) in [6.45, 7) is 1.35. The summed E-state index contributed by atoms with van der Waals surface area (Å²) in [5, 5.41) is 21.6. The van der Waals surface area contributed by atoms with E-state index in [1.807, 2.05) is 45.2 Å². The van der Waals surface area contributed by atoms with Crippen LogP contribution in [-0.2, 0) is 9.53 Å². The van der Waals surface area contributed by atoms with Gasteiger partial charge in [0, 0.05) is 10.7 Å². The molecule has 0 heterocycles. The summed E-state index contributed by atoms with van der Waals surface area (Å²) in [6.07, 6.45) is -1.33. The predicted molar refractivity (Wildman–Crippen MR) is 120 cm³/mol. The maximum atomic E-state index is 12.6. The van der Waals surface area contributed by atoms with Gasteiger partial charge < -0.3 is 15.2 Å². The van der Waals surface area contributed by atoms with Crippen LogP contribution in [0.15, 0.2) is 0 Å². The monoisotopic (exact) mass is 722 g/mol. The fourth-order valence-electron chi connectivity index (χ4n) is 1.86. The summed E-state index contributed by atoms with van der Waals surface area (Å²) in [5.41, 5.74) is 0.155. The highest BCUT2D eigenvalue weighted by molar-refractivity contribution is 14.1. The first-order valence-corrected chi connectivity index (χ1v) is 10.6. The minimum atomic E-state index is -1.42. The van der Waals surface area contributed by atoms with Crippen LogP contribution in [-0.4, -0.2) is 52.4 Å². The molecule has 3 N–H and O–H groups in total. The lowest BCUT2D eigenvalue weighted by Gasteiger charge is -2.23. The molecule has 2 amide bonds. The highest BCUT2D eigenvalue weighted by Crippen LogP contribution is 2.37. The van der Waals surface area contributed by atoms with E-state index in [9.17, 15) is 24.7 Å². The van der Waals surface area contributed by atoms with Gasteiger partial charge in [0.05, 0.1) is 24.0 Å². The van der Waals surface area contributed by atoms with E-state index in [0.29, 0.717) is 3.57 Å². The third-order valence-corrected chi connectivity index (χ3v) is 6.55. The molecule has 0 aromatic heterocycles. The van der Waals surface area contributed by atoms with Crippen LogP contribution in [0.5, 0.6) is 0 Å². The molecule has 0 saturated heterocycles. The van der Waals surface area contributed by atoms with Crippen molar-refractivity contribution in [2.24, 2.45) is 0 Å². The van der Waals surface area contributed by atoms with Crippen molar-refractivity contribution in [3.05, 3.63) is 21.8 Å². The predicted octanol–water partition coefficient (Wildman–Crippen LogP) is 3.02. The van der Waals surface area contributed by atoms with E-state index in [1.165, 1.54) is 7.11 Å². The topological polar surface area (TPSA) is 116 Å². The number of halogens is 4.